The van der Waals surface area contributed by atoms with Crippen LogP contribution in [0.1, 0.15) is 23.5 Å². The third-order valence-electron chi connectivity index (χ3n) is 6.17. The summed E-state index contributed by atoms with van der Waals surface area (Å²) in [4.78, 5) is 26.0. The highest BCUT2D eigenvalue weighted by Crippen LogP contribution is 2.49. The summed E-state index contributed by atoms with van der Waals surface area (Å²) in [5, 5.41) is 10.8. The largest absolute Gasteiger partial charge is 0.507 e. The molecule has 1 aromatic heterocycles. The van der Waals surface area contributed by atoms with Gasteiger partial charge in [-0.3, -0.25) is 9.59 Å². The molecule has 0 spiro atoms. The number of hydrogen-bond acceptors (Lipinski definition) is 8. The lowest BCUT2D eigenvalue weighted by Crippen LogP contribution is -2.22. The zero-order chi connectivity index (χ0) is 24.7. The van der Waals surface area contributed by atoms with Crippen molar-refractivity contribution in [2.75, 3.05) is 21.3 Å². The number of benzene rings is 3. The SMILES string of the molecule is COc1cc(OC)c([C@H]2CC(=O)Oc3cc(O)c4c(=O)c(-c5ccccc5)coc4c32)cc1OC. The first-order valence-electron chi connectivity index (χ1n) is 10.8. The summed E-state index contributed by atoms with van der Waals surface area (Å²) in [6, 6.07) is 13.7. The van der Waals surface area contributed by atoms with E-state index in [4.69, 9.17) is 23.4 Å². The molecule has 8 heteroatoms. The van der Waals surface area contributed by atoms with Crippen molar-refractivity contribution in [1.82, 2.24) is 0 Å². The molecular formula is C27H22O8. The molecule has 0 aliphatic carbocycles. The number of hydrogen-bond donors (Lipinski definition) is 1. The Morgan fingerprint density at radius 2 is 1.60 bits per heavy atom. The van der Waals surface area contributed by atoms with Gasteiger partial charge in [-0.1, -0.05) is 30.3 Å². The number of methoxy groups -OCH3 is 3. The number of ether oxygens (including phenoxy) is 4. The van der Waals surface area contributed by atoms with Crippen LogP contribution in [0.25, 0.3) is 22.1 Å². The smallest absolute Gasteiger partial charge is 0.312 e. The lowest BCUT2D eigenvalue weighted by molar-refractivity contribution is -0.135. The van der Waals surface area contributed by atoms with Crippen LogP contribution in [0.4, 0.5) is 0 Å². The van der Waals surface area contributed by atoms with Crippen molar-refractivity contribution < 1.29 is 33.3 Å². The lowest BCUT2D eigenvalue weighted by Gasteiger charge is -2.27. The number of esters is 1. The summed E-state index contributed by atoms with van der Waals surface area (Å²) in [5.74, 6) is 0.0386. The van der Waals surface area contributed by atoms with Gasteiger partial charge in [-0.05, 0) is 11.6 Å². The normalized spacial score (nSPS) is 14.8. The van der Waals surface area contributed by atoms with Crippen LogP contribution in [0.2, 0.25) is 0 Å². The minimum absolute atomic E-state index is 0.00694. The maximum atomic E-state index is 13.5. The van der Waals surface area contributed by atoms with Crippen LogP contribution in [0.3, 0.4) is 0 Å². The molecule has 0 unspecified atom stereocenters. The summed E-state index contributed by atoms with van der Waals surface area (Å²) in [6.07, 6.45) is 1.32. The Bertz CT molecular complexity index is 1500. The van der Waals surface area contributed by atoms with E-state index in [1.165, 1.54) is 33.7 Å². The van der Waals surface area contributed by atoms with E-state index >= 15 is 0 Å². The van der Waals surface area contributed by atoms with Crippen molar-refractivity contribution in [1.29, 1.82) is 0 Å². The van der Waals surface area contributed by atoms with E-state index in [1.807, 2.05) is 18.2 Å². The quantitative estimate of drug-likeness (QED) is 0.330. The van der Waals surface area contributed by atoms with Crippen LogP contribution in [0, 0.1) is 0 Å². The highest BCUT2D eigenvalue weighted by molar-refractivity contribution is 5.94. The topological polar surface area (TPSA) is 104 Å². The van der Waals surface area contributed by atoms with Gasteiger partial charge in [0.2, 0.25) is 5.43 Å². The van der Waals surface area contributed by atoms with Crippen molar-refractivity contribution >= 4 is 16.9 Å². The van der Waals surface area contributed by atoms with E-state index in [1.54, 1.807) is 24.3 Å². The zero-order valence-corrected chi connectivity index (χ0v) is 19.3. The van der Waals surface area contributed by atoms with E-state index in [9.17, 15) is 14.7 Å². The first-order valence-corrected chi connectivity index (χ1v) is 10.8. The molecule has 8 nitrogen and oxygen atoms in total. The van der Waals surface area contributed by atoms with Crippen LogP contribution in [0.5, 0.6) is 28.7 Å². The van der Waals surface area contributed by atoms with Gasteiger partial charge in [0, 0.05) is 29.2 Å². The Hall–Kier alpha value is -4.46. The lowest BCUT2D eigenvalue weighted by atomic mass is 9.84. The van der Waals surface area contributed by atoms with Gasteiger partial charge in [0.05, 0.1) is 33.3 Å². The van der Waals surface area contributed by atoms with Crippen LogP contribution in [-0.4, -0.2) is 32.4 Å². The number of carbonyl (C=O) groups excluding carboxylic acids is 1. The standard InChI is InChI=1S/C27H22O8/c1-31-19-12-21(33-3)20(32-2)9-15(19)16-10-23(29)35-22-11-18(28)25-26(30)17(13-34-27(25)24(16)22)14-7-5-4-6-8-14/h4-9,11-13,16,28H,10H2,1-3H3/t16-/m1/s1. The first-order chi connectivity index (χ1) is 17.0. The second-order valence-corrected chi connectivity index (χ2v) is 8.04. The van der Waals surface area contributed by atoms with Gasteiger partial charge in [0.1, 0.15) is 34.5 Å². The maximum Gasteiger partial charge on any atom is 0.312 e. The number of aromatic hydroxyl groups is 1. The van der Waals surface area contributed by atoms with Gasteiger partial charge in [-0.2, -0.15) is 0 Å². The van der Waals surface area contributed by atoms with Gasteiger partial charge in [0.25, 0.3) is 0 Å². The molecule has 0 saturated carbocycles. The van der Waals surface area contributed by atoms with Crippen LogP contribution in [-0.2, 0) is 4.79 Å². The third kappa shape index (κ3) is 3.63. The molecular weight excluding hydrogens is 452 g/mol. The van der Waals surface area contributed by atoms with E-state index in [2.05, 4.69) is 0 Å². The monoisotopic (exact) mass is 474 g/mol. The second-order valence-electron chi connectivity index (χ2n) is 8.04. The predicted octanol–water partition coefficient (Wildman–Crippen LogP) is 4.63. The number of carbonyl (C=O) groups is 1. The van der Waals surface area contributed by atoms with Crippen LogP contribution in [0.15, 0.2) is 64.0 Å². The zero-order valence-electron chi connectivity index (χ0n) is 19.3. The summed E-state index contributed by atoms with van der Waals surface area (Å²) < 4.78 is 27.9. The van der Waals surface area contributed by atoms with Gasteiger partial charge in [-0.15, -0.1) is 0 Å². The molecule has 5 rings (SSSR count). The van der Waals surface area contributed by atoms with E-state index in [0.717, 1.165) is 0 Å². The molecule has 0 amide bonds. The van der Waals surface area contributed by atoms with Crippen molar-refractivity contribution in [3.8, 4) is 39.9 Å². The average Bonchev–Trinajstić information content (AvgIpc) is 2.87. The van der Waals surface area contributed by atoms with Crippen LogP contribution >= 0.6 is 0 Å². The van der Waals surface area contributed by atoms with Gasteiger partial charge in [-0.25, -0.2) is 0 Å². The van der Waals surface area contributed by atoms with Crippen molar-refractivity contribution in [2.45, 2.75) is 12.3 Å². The highest BCUT2D eigenvalue weighted by Gasteiger charge is 2.35. The summed E-state index contributed by atoms with van der Waals surface area (Å²) >= 11 is 0. The Morgan fingerprint density at radius 3 is 2.29 bits per heavy atom. The van der Waals surface area contributed by atoms with Gasteiger partial charge in [0.15, 0.2) is 11.5 Å². The Balaban J connectivity index is 1.80. The molecule has 0 fully saturated rings. The first kappa shape index (κ1) is 22.3. The molecule has 1 N–H and O–H groups in total. The highest BCUT2D eigenvalue weighted by atomic mass is 16.5. The van der Waals surface area contributed by atoms with E-state index in [0.29, 0.717) is 39.5 Å². The van der Waals surface area contributed by atoms with Crippen molar-refractivity contribution in [3.63, 3.8) is 0 Å². The third-order valence-corrected chi connectivity index (χ3v) is 6.17. The minimum atomic E-state index is -0.602. The molecule has 35 heavy (non-hydrogen) atoms. The number of rotatable bonds is 5. The molecule has 1 aliphatic rings. The molecule has 0 saturated heterocycles. The molecule has 2 heterocycles. The van der Waals surface area contributed by atoms with E-state index in [-0.39, 0.29) is 28.9 Å². The minimum Gasteiger partial charge on any atom is -0.507 e. The van der Waals surface area contributed by atoms with Gasteiger partial charge < -0.3 is 28.5 Å². The molecule has 178 valence electrons. The molecule has 1 atom stereocenters. The predicted molar refractivity (Wildman–Crippen MR) is 128 cm³/mol. The average molecular weight is 474 g/mol. The summed E-state index contributed by atoms with van der Waals surface area (Å²) in [6.45, 7) is 0. The Morgan fingerprint density at radius 1 is 0.914 bits per heavy atom. The Labute approximate surface area is 200 Å². The van der Waals surface area contributed by atoms with E-state index < -0.39 is 17.3 Å². The fourth-order valence-electron chi connectivity index (χ4n) is 4.54. The number of phenols is 1. The Kier molecular flexibility index (Phi) is 5.56. The fraction of sp³-hybridized carbons (Fsp3) is 0.185. The molecule has 0 radical (unpaired) electrons. The number of phenolic OH excluding ortho intramolecular Hbond substituents is 1. The molecule has 1 aliphatic heterocycles. The van der Waals surface area contributed by atoms with Crippen molar-refractivity contribution in [3.05, 3.63) is 76.1 Å². The molecule has 4 aromatic rings. The number of fused-ring (bicyclic) bond motifs is 3. The fourth-order valence-corrected chi connectivity index (χ4v) is 4.54. The summed E-state index contributed by atoms with van der Waals surface area (Å²) in [5.41, 5.74) is 1.78. The second kappa shape index (κ2) is 8.72. The maximum absolute atomic E-state index is 13.5. The van der Waals surface area contributed by atoms with Crippen molar-refractivity contribution in [2.24, 2.45) is 0 Å². The summed E-state index contributed by atoms with van der Waals surface area (Å²) in [7, 11) is 4.53. The molecule has 3 aromatic carbocycles. The van der Waals surface area contributed by atoms with Crippen LogP contribution < -0.4 is 24.4 Å². The van der Waals surface area contributed by atoms with Gasteiger partial charge >= 0.3 is 5.97 Å². The molecule has 0 bridgehead atoms.